The first kappa shape index (κ1) is 28.2. The number of fused-ring (bicyclic) bond motifs is 1. The first-order valence-corrected chi connectivity index (χ1v) is 14.5. The molecule has 0 unspecified atom stereocenters. The molecule has 8 nitrogen and oxygen atoms in total. The lowest BCUT2D eigenvalue weighted by Gasteiger charge is -2.26. The first-order chi connectivity index (χ1) is 21.8. The van der Waals surface area contributed by atoms with Crippen LogP contribution in [0.1, 0.15) is 48.2 Å². The van der Waals surface area contributed by atoms with Crippen LogP contribution >= 0.6 is 11.6 Å². The van der Waals surface area contributed by atoms with Crippen LogP contribution in [-0.4, -0.2) is 33.1 Å². The van der Waals surface area contributed by atoms with Gasteiger partial charge in [0.05, 0.1) is 19.8 Å². The summed E-state index contributed by atoms with van der Waals surface area (Å²) in [7, 11) is 0. The second-order valence-corrected chi connectivity index (χ2v) is 11.5. The Morgan fingerprint density at radius 3 is 2.68 bits per heavy atom. The van der Waals surface area contributed by atoms with Crippen LogP contribution < -0.4 is 10.1 Å². The smallest absolute Gasteiger partial charge is 0.410 e. The quantitative estimate of drug-likeness (QED) is 0.167. The van der Waals surface area contributed by atoms with E-state index >= 15 is 0 Å². The van der Waals surface area contributed by atoms with Gasteiger partial charge in [0.1, 0.15) is 47.4 Å². The zero-order valence-electron chi connectivity index (χ0n) is 26.9. The zero-order valence-corrected chi connectivity index (χ0v) is 25.6. The van der Waals surface area contributed by atoms with Crippen molar-refractivity contribution in [3.05, 3.63) is 101 Å². The summed E-state index contributed by atoms with van der Waals surface area (Å²) < 4.78 is 47.4. The predicted molar refractivity (Wildman–Crippen MR) is 170 cm³/mol. The van der Waals surface area contributed by atoms with Gasteiger partial charge in [-0.05, 0) is 93.4 Å². The number of carbonyl (C=O) groups excluding carboxylic acids is 1. The summed E-state index contributed by atoms with van der Waals surface area (Å²) in [5.74, 6) is 1.27. The van der Waals surface area contributed by atoms with Gasteiger partial charge in [-0.25, -0.2) is 19.2 Å². The van der Waals surface area contributed by atoms with E-state index in [9.17, 15) is 9.18 Å². The average Bonchev–Trinajstić information content (AvgIpc) is 3.46. The third kappa shape index (κ3) is 7.85. The number of hydrogen-bond donors (Lipinski definition) is 1. The Labute approximate surface area is 263 Å². The number of anilines is 2. The molecule has 0 atom stereocenters. The number of rotatable bonds is 10. The van der Waals surface area contributed by atoms with Crippen LogP contribution in [0.4, 0.5) is 20.7 Å². The number of halogens is 2. The van der Waals surface area contributed by atoms with Crippen molar-refractivity contribution < 1.29 is 25.8 Å². The second-order valence-electron chi connectivity index (χ2n) is 11.1. The molecule has 10 heteroatoms. The summed E-state index contributed by atoms with van der Waals surface area (Å²) in [5.41, 5.74) is 1.49. The summed E-state index contributed by atoms with van der Waals surface area (Å²) >= 11 is 6.47. The SMILES string of the molecule is [2H]C([2H])(Oc1ccc(Nc2ncnc3ccc(-c4ccc(CN(CCC)C(=O)OC(C)(C)C)o4)cc23)cc1Cl)c1cccc(F)c1. The largest absolute Gasteiger partial charge is 0.487 e. The lowest BCUT2D eigenvalue weighted by Crippen LogP contribution is -2.36. The molecule has 44 heavy (non-hydrogen) atoms. The van der Waals surface area contributed by atoms with Gasteiger partial charge in [0.15, 0.2) is 0 Å². The number of hydrogen-bond acceptors (Lipinski definition) is 7. The van der Waals surface area contributed by atoms with Gasteiger partial charge in [-0.1, -0.05) is 30.7 Å². The van der Waals surface area contributed by atoms with E-state index in [4.69, 9.17) is 28.2 Å². The van der Waals surface area contributed by atoms with Crippen LogP contribution in [0.3, 0.4) is 0 Å². The van der Waals surface area contributed by atoms with E-state index in [-0.39, 0.29) is 22.9 Å². The minimum absolute atomic E-state index is 0.0269. The molecule has 0 bridgehead atoms. The minimum atomic E-state index is -2.31. The molecule has 0 spiro atoms. The Morgan fingerprint density at radius 2 is 1.93 bits per heavy atom. The molecule has 3 aromatic carbocycles. The molecule has 0 aliphatic heterocycles. The Kier molecular flexibility index (Phi) is 8.54. The molecule has 0 aliphatic rings. The number of aromatic nitrogens is 2. The Balaban J connectivity index is 1.35. The Morgan fingerprint density at radius 1 is 1.09 bits per heavy atom. The van der Waals surface area contributed by atoms with Gasteiger partial charge in [-0.2, -0.15) is 0 Å². The van der Waals surface area contributed by atoms with Gasteiger partial charge in [0.2, 0.25) is 0 Å². The number of amides is 1. The van der Waals surface area contributed by atoms with E-state index < -0.39 is 24.1 Å². The molecular weight excluding hydrogens is 583 g/mol. The van der Waals surface area contributed by atoms with E-state index in [0.29, 0.717) is 35.1 Å². The van der Waals surface area contributed by atoms with Gasteiger partial charge >= 0.3 is 6.09 Å². The Hall–Kier alpha value is -4.63. The monoisotopic (exact) mass is 618 g/mol. The number of carbonyl (C=O) groups is 1. The van der Waals surface area contributed by atoms with E-state index in [1.807, 2.05) is 58.0 Å². The fourth-order valence-corrected chi connectivity index (χ4v) is 4.63. The van der Waals surface area contributed by atoms with E-state index in [1.54, 1.807) is 17.0 Å². The van der Waals surface area contributed by atoms with Gasteiger partial charge < -0.3 is 24.1 Å². The number of nitrogens with zero attached hydrogens (tertiary/aromatic N) is 3. The summed E-state index contributed by atoms with van der Waals surface area (Å²) in [6.07, 6.45) is 1.83. The maximum Gasteiger partial charge on any atom is 0.410 e. The van der Waals surface area contributed by atoms with Gasteiger partial charge in [-0.15, -0.1) is 0 Å². The molecule has 1 N–H and O–H groups in total. The Bertz CT molecular complexity index is 1860. The van der Waals surface area contributed by atoms with Crippen molar-refractivity contribution in [2.75, 3.05) is 11.9 Å². The summed E-state index contributed by atoms with van der Waals surface area (Å²) in [6, 6.07) is 19.3. The molecule has 0 aliphatic carbocycles. The minimum Gasteiger partial charge on any atom is -0.487 e. The molecular formula is C34H34ClFN4O4. The molecule has 5 aromatic rings. The van der Waals surface area contributed by atoms with E-state index in [2.05, 4.69) is 15.3 Å². The van der Waals surface area contributed by atoms with Crippen LogP contribution in [0.15, 0.2) is 83.5 Å². The molecule has 228 valence electrons. The number of benzene rings is 3. The number of furan rings is 1. The second kappa shape index (κ2) is 13.3. The van der Waals surface area contributed by atoms with Gasteiger partial charge in [-0.3, -0.25) is 0 Å². The van der Waals surface area contributed by atoms with Crippen molar-refractivity contribution in [3.8, 4) is 17.1 Å². The van der Waals surface area contributed by atoms with Crippen LogP contribution in [-0.2, 0) is 17.8 Å². The highest BCUT2D eigenvalue weighted by molar-refractivity contribution is 6.32. The highest BCUT2D eigenvalue weighted by atomic mass is 35.5. The lowest BCUT2D eigenvalue weighted by atomic mass is 10.1. The standard InChI is InChI=1S/C34H34ClFN4O4/c1-5-15-40(33(41)44-34(2,3)4)19-26-11-14-30(43-26)23-9-12-29-27(17-23)32(38-21-37-29)39-25-10-13-31(28(35)18-25)42-20-22-7-6-8-24(36)16-22/h6-14,16-18,21H,5,15,19-20H2,1-4H3,(H,37,38,39)/i20D2. The fourth-order valence-electron chi connectivity index (χ4n) is 4.41. The van der Waals surface area contributed by atoms with Crippen molar-refractivity contribution in [1.82, 2.24) is 14.9 Å². The summed E-state index contributed by atoms with van der Waals surface area (Å²) in [4.78, 5) is 23.2. The number of nitrogens with one attached hydrogen (secondary N) is 1. The molecule has 5 rings (SSSR count). The normalized spacial score (nSPS) is 12.4. The van der Waals surface area contributed by atoms with Gasteiger partial charge in [0.25, 0.3) is 0 Å². The van der Waals surface area contributed by atoms with Gasteiger partial charge in [0, 0.05) is 23.2 Å². The third-order valence-electron chi connectivity index (χ3n) is 6.37. The van der Waals surface area contributed by atoms with Crippen LogP contribution in [0, 0.1) is 5.82 Å². The molecule has 0 fully saturated rings. The molecule has 0 saturated heterocycles. The summed E-state index contributed by atoms with van der Waals surface area (Å²) in [5, 5.41) is 4.12. The summed E-state index contributed by atoms with van der Waals surface area (Å²) in [6.45, 7) is 6.00. The molecule has 2 heterocycles. The van der Waals surface area contributed by atoms with Crippen molar-refractivity contribution in [3.63, 3.8) is 0 Å². The van der Waals surface area contributed by atoms with Crippen LogP contribution in [0.5, 0.6) is 5.75 Å². The molecule has 1 amide bonds. The van der Waals surface area contributed by atoms with Crippen molar-refractivity contribution in [2.45, 2.75) is 52.8 Å². The van der Waals surface area contributed by atoms with Crippen LogP contribution in [0.25, 0.3) is 22.2 Å². The third-order valence-corrected chi connectivity index (χ3v) is 6.67. The highest BCUT2D eigenvalue weighted by Gasteiger charge is 2.23. The topological polar surface area (TPSA) is 89.7 Å². The predicted octanol–water partition coefficient (Wildman–Crippen LogP) is 9.15. The van der Waals surface area contributed by atoms with Crippen molar-refractivity contribution >= 4 is 40.1 Å². The van der Waals surface area contributed by atoms with Crippen molar-refractivity contribution in [2.24, 2.45) is 0 Å². The van der Waals surface area contributed by atoms with Crippen molar-refractivity contribution in [1.29, 1.82) is 0 Å². The van der Waals surface area contributed by atoms with E-state index in [0.717, 1.165) is 23.4 Å². The fraction of sp³-hybridized carbons (Fsp3) is 0.265. The van der Waals surface area contributed by atoms with Crippen LogP contribution in [0.2, 0.25) is 5.02 Å². The highest BCUT2D eigenvalue weighted by Crippen LogP contribution is 2.33. The average molecular weight is 619 g/mol. The molecule has 0 radical (unpaired) electrons. The molecule has 0 saturated carbocycles. The molecule has 2 aromatic heterocycles. The van der Waals surface area contributed by atoms with E-state index in [1.165, 1.54) is 30.6 Å². The lowest BCUT2D eigenvalue weighted by molar-refractivity contribution is 0.0221. The maximum atomic E-state index is 13.7. The zero-order chi connectivity index (χ0) is 33.1. The number of ether oxygens (including phenoxy) is 2. The first-order valence-electron chi connectivity index (χ1n) is 15.1. The maximum absolute atomic E-state index is 13.7.